The number of aryl methyl sites for hydroxylation is 1. The second-order valence-electron chi connectivity index (χ2n) is 9.26. The molecule has 5 rings (SSSR count). The molecule has 190 valence electrons. The molecule has 0 radical (unpaired) electrons. The molecule has 1 aliphatic rings. The minimum Gasteiger partial charge on any atom is -0.289 e. The van der Waals surface area contributed by atoms with E-state index in [2.05, 4.69) is 14.7 Å². The van der Waals surface area contributed by atoms with Crippen LogP contribution in [-0.4, -0.2) is 39.5 Å². The highest BCUT2D eigenvalue weighted by Gasteiger charge is 2.46. The van der Waals surface area contributed by atoms with Crippen LogP contribution in [0.3, 0.4) is 0 Å². The Hall–Kier alpha value is -4.08. The lowest BCUT2D eigenvalue weighted by molar-refractivity contribution is 0.393. The summed E-state index contributed by atoms with van der Waals surface area (Å²) < 4.78 is 45.8. The summed E-state index contributed by atoms with van der Waals surface area (Å²) in [4.78, 5) is 30.2. The average Bonchev–Trinajstić information content (AvgIpc) is 3.54. The zero-order valence-corrected chi connectivity index (χ0v) is 20.7. The Morgan fingerprint density at radius 3 is 2.38 bits per heavy atom. The molecule has 2 heterocycles. The Morgan fingerprint density at radius 2 is 1.78 bits per heavy atom. The summed E-state index contributed by atoms with van der Waals surface area (Å²) in [6.07, 6.45) is 4.03. The second-order valence-corrected chi connectivity index (χ2v) is 10.9. The van der Waals surface area contributed by atoms with Gasteiger partial charge in [-0.15, -0.1) is 0 Å². The van der Waals surface area contributed by atoms with Crippen LogP contribution in [0.5, 0.6) is 0 Å². The number of rotatable bonds is 8. The minimum absolute atomic E-state index is 0.0363. The minimum atomic E-state index is -4.10. The summed E-state index contributed by atoms with van der Waals surface area (Å²) in [5, 5.41) is 4.12. The Kier molecular flexibility index (Phi) is 6.05. The smallest absolute Gasteiger partial charge is 0.289 e. The van der Waals surface area contributed by atoms with E-state index in [1.54, 1.807) is 48.4 Å². The number of fused-ring (bicyclic) bond motifs is 1. The maximum Gasteiger partial charge on any atom is 0.332 e. The molecular formula is C25H23FN6O4S. The van der Waals surface area contributed by atoms with Crippen molar-refractivity contribution in [1.29, 1.82) is 0 Å². The SMILES string of the molecule is [C-]#[N+]c1ccc(Cn2c(=O)n(Cc3cnn(C)c3)c(=O)c3cc(S(=O)(=O)NC4(CF)CC4)ccc32)cc1. The molecule has 4 aromatic rings. The predicted octanol–water partition coefficient (Wildman–Crippen LogP) is 2.32. The summed E-state index contributed by atoms with van der Waals surface area (Å²) in [6, 6.07) is 10.7. The van der Waals surface area contributed by atoms with Crippen LogP contribution in [0.25, 0.3) is 15.7 Å². The summed E-state index contributed by atoms with van der Waals surface area (Å²) in [6.45, 7) is 6.35. The van der Waals surface area contributed by atoms with Gasteiger partial charge in [-0.25, -0.2) is 27.2 Å². The van der Waals surface area contributed by atoms with E-state index < -0.39 is 33.5 Å². The third kappa shape index (κ3) is 4.71. The highest BCUT2D eigenvalue weighted by atomic mass is 32.2. The molecule has 1 fully saturated rings. The lowest BCUT2D eigenvalue weighted by atomic mass is 10.2. The first-order valence-electron chi connectivity index (χ1n) is 11.5. The number of halogens is 1. The van der Waals surface area contributed by atoms with Crippen LogP contribution in [0.4, 0.5) is 10.1 Å². The van der Waals surface area contributed by atoms with Crippen LogP contribution in [0.15, 0.2) is 69.3 Å². The molecule has 2 aromatic heterocycles. The Balaban J connectivity index is 1.67. The van der Waals surface area contributed by atoms with Crippen molar-refractivity contribution in [2.24, 2.45) is 7.05 Å². The lowest BCUT2D eigenvalue weighted by Gasteiger charge is -2.16. The molecule has 37 heavy (non-hydrogen) atoms. The molecular weight excluding hydrogens is 499 g/mol. The van der Waals surface area contributed by atoms with E-state index in [0.29, 0.717) is 24.1 Å². The van der Waals surface area contributed by atoms with Crippen LogP contribution >= 0.6 is 0 Å². The van der Waals surface area contributed by atoms with Crippen LogP contribution in [0.2, 0.25) is 0 Å². The van der Waals surface area contributed by atoms with Gasteiger partial charge in [-0.05, 0) is 36.6 Å². The summed E-state index contributed by atoms with van der Waals surface area (Å²) >= 11 is 0. The highest BCUT2D eigenvalue weighted by Crippen LogP contribution is 2.37. The fraction of sp³-hybridized carbons (Fsp3) is 0.280. The van der Waals surface area contributed by atoms with Crippen LogP contribution in [0, 0.1) is 6.57 Å². The third-order valence-electron chi connectivity index (χ3n) is 6.47. The van der Waals surface area contributed by atoms with Crippen molar-refractivity contribution < 1.29 is 12.8 Å². The Labute approximate surface area is 211 Å². The van der Waals surface area contributed by atoms with Gasteiger partial charge >= 0.3 is 5.69 Å². The number of aromatic nitrogens is 4. The van der Waals surface area contributed by atoms with Crippen molar-refractivity contribution in [2.45, 2.75) is 36.4 Å². The second kappa shape index (κ2) is 9.10. The zero-order chi connectivity index (χ0) is 26.4. The highest BCUT2D eigenvalue weighted by molar-refractivity contribution is 7.89. The van der Waals surface area contributed by atoms with Gasteiger partial charge in [0.1, 0.15) is 6.67 Å². The van der Waals surface area contributed by atoms with Crippen molar-refractivity contribution in [3.63, 3.8) is 0 Å². The fourth-order valence-corrected chi connectivity index (χ4v) is 5.68. The van der Waals surface area contributed by atoms with Crippen LogP contribution in [-0.2, 0) is 30.2 Å². The summed E-state index contributed by atoms with van der Waals surface area (Å²) in [5.41, 5.74) is -0.253. The number of nitrogens with one attached hydrogen (secondary N) is 1. The first kappa shape index (κ1) is 24.6. The van der Waals surface area contributed by atoms with E-state index in [4.69, 9.17) is 6.57 Å². The quantitative estimate of drug-likeness (QED) is 0.357. The van der Waals surface area contributed by atoms with Gasteiger partial charge in [-0.3, -0.25) is 18.6 Å². The molecule has 2 aromatic carbocycles. The molecule has 0 amide bonds. The van der Waals surface area contributed by atoms with Crippen molar-refractivity contribution in [3.05, 3.63) is 98.2 Å². The molecule has 0 unspecified atom stereocenters. The average molecular weight is 523 g/mol. The Morgan fingerprint density at radius 1 is 1.08 bits per heavy atom. The molecule has 0 saturated heterocycles. The van der Waals surface area contributed by atoms with E-state index in [-0.39, 0.29) is 28.9 Å². The van der Waals surface area contributed by atoms with Gasteiger partial charge in [0.15, 0.2) is 5.69 Å². The molecule has 12 heteroatoms. The van der Waals surface area contributed by atoms with E-state index >= 15 is 0 Å². The zero-order valence-electron chi connectivity index (χ0n) is 19.9. The number of sulfonamides is 1. The molecule has 1 aliphatic carbocycles. The number of hydrogen-bond acceptors (Lipinski definition) is 5. The molecule has 1 saturated carbocycles. The number of alkyl halides is 1. The molecule has 0 spiro atoms. The molecule has 0 bridgehead atoms. The van der Waals surface area contributed by atoms with Gasteiger partial charge < -0.3 is 0 Å². The van der Waals surface area contributed by atoms with Gasteiger partial charge in [-0.2, -0.15) is 5.10 Å². The lowest BCUT2D eigenvalue weighted by Crippen LogP contribution is -2.41. The van der Waals surface area contributed by atoms with Gasteiger partial charge in [0, 0.05) is 18.8 Å². The van der Waals surface area contributed by atoms with E-state index in [1.165, 1.54) is 22.8 Å². The normalized spacial score (nSPS) is 14.5. The summed E-state index contributed by atoms with van der Waals surface area (Å²) in [7, 11) is -2.39. The van der Waals surface area contributed by atoms with Gasteiger partial charge in [-0.1, -0.05) is 24.3 Å². The van der Waals surface area contributed by atoms with E-state index in [0.717, 1.165) is 10.1 Å². The van der Waals surface area contributed by atoms with Crippen molar-refractivity contribution in [1.82, 2.24) is 23.6 Å². The Bertz CT molecular complexity index is 1780. The van der Waals surface area contributed by atoms with Crippen molar-refractivity contribution in [3.8, 4) is 0 Å². The standard InChI is InChI=1S/C25H23FN6O4S/c1-27-19-5-3-17(4-6-19)14-31-22-8-7-20(37(35,36)29-25(16-26)9-10-25)11-21(22)23(33)32(24(31)34)15-18-12-28-30(2)13-18/h3-8,11-13,29H,9-10,14-16H2,2H3. The van der Waals surface area contributed by atoms with Crippen LogP contribution in [0.1, 0.15) is 24.0 Å². The maximum atomic E-state index is 13.5. The third-order valence-corrected chi connectivity index (χ3v) is 8.05. The van der Waals surface area contributed by atoms with Crippen LogP contribution < -0.4 is 16.0 Å². The number of hydrogen-bond donors (Lipinski definition) is 1. The largest absolute Gasteiger partial charge is 0.332 e. The van der Waals surface area contributed by atoms with Crippen molar-refractivity contribution >= 4 is 26.6 Å². The van der Waals surface area contributed by atoms with Gasteiger partial charge in [0.25, 0.3) is 5.56 Å². The van der Waals surface area contributed by atoms with Crippen molar-refractivity contribution in [2.75, 3.05) is 6.67 Å². The monoisotopic (exact) mass is 522 g/mol. The van der Waals surface area contributed by atoms with E-state index in [1.807, 2.05) is 0 Å². The fourth-order valence-electron chi connectivity index (χ4n) is 4.21. The first-order chi connectivity index (χ1) is 17.6. The molecule has 1 N–H and O–H groups in total. The molecule has 0 aliphatic heterocycles. The molecule has 0 atom stereocenters. The first-order valence-corrected chi connectivity index (χ1v) is 12.9. The van der Waals surface area contributed by atoms with Gasteiger partial charge in [0.2, 0.25) is 10.0 Å². The van der Waals surface area contributed by atoms with E-state index in [9.17, 15) is 22.4 Å². The number of benzene rings is 2. The topological polar surface area (TPSA) is 112 Å². The summed E-state index contributed by atoms with van der Waals surface area (Å²) in [5.74, 6) is 0. The number of nitrogens with zero attached hydrogens (tertiary/aromatic N) is 5. The van der Waals surface area contributed by atoms with Gasteiger partial charge in [0.05, 0.1) is 47.2 Å². The predicted molar refractivity (Wildman–Crippen MR) is 135 cm³/mol. The maximum absolute atomic E-state index is 13.5. The molecule has 10 nitrogen and oxygen atoms in total.